The van der Waals surface area contributed by atoms with Gasteiger partial charge in [0.2, 0.25) is 0 Å². The highest BCUT2D eigenvalue weighted by Crippen LogP contribution is 2.27. The van der Waals surface area contributed by atoms with E-state index in [-0.39, 0.29) is 5.78 Å². The number of aryl methyl sites for hydroxylation is 1. The molecule has 0 fully saturated rings. The normalized spacial score (nSPS) is 10.3. The second-order valence-electron chi connectivity index (χ2n) is 4.30. The standard InChI is InChI=1S/C16H15ClO2/c1-3-12-5-4-6-13(9-12)19-14-7-8-15(11(2)18)16(17)10-14/h4-10H,3H2,1-2H3. The molecule has 0 unspecified atom stereocenters. The van der Waals surface area contributed by atoms with Crippen molar-refractivity contribution in [1.82, 2.24) is 0 Å². The molecule has 0 amide bonds. The Labute approximate surface area is 118 Å². The van der Waals surface area contributed by atoms with E-state index >= 15 is 0 Å². The first-order valence-corrected chi connectivity index (χ1v) is 6.55. The Kier molecular flexibility index (Phi) is 4.23. The van der Waals surface area contributed by atoms with E-state index in [2.05, 4.69) is 13.0 Å². The van der Waals surface area contributed by atoms with Crippen LogP contribution in [0.15, 0.2) is 42.5 Å². The largest absolute Gasteiger partial charge is 0.457 e. The summed E-state index contributed by atoms with van der Waals surface area (Å²) in [6.45, 7) is 3.59. The lowest BCUT2D eigenvalue weighted by Gasteiger charge is -2.08. The Morgan fingerprint density at radius 3 is 2.53 bits per heavy atom. The van der Waals surface area contributed by atoms with Crippen molar-refractivity contribution in [1.29, 1.82) is 0 Å². The summed E-state index contributed by atoms with van der Waals surface area (Å²) in [6, 6.07) is 13.0. The van der Waals surface area contributed by atoms with Gasteiger partial charge in [-0.2, -0.15) is 0 Å². The summed E-state index contributed by atoms with van der Waals surface area (Å²) in [6.07, 6.45) is 0.960. The van der Waals surface area contributed by atoms with Gasteiger partial charge in [-0.1, -0.05) is 30.7 Å². The maximum Gasteiger partial charge on any atom is 0.161 e. The van der Waals surface area contributed by atoms with Gasteiger partial charge in [-0.25, -0.2) is 0 Å². The van der Waals surface area contributed by atoms with Crippen LogP contribution in [-0.2, 0) is 6.42 Å². The summed E-state index contributed by atoms with van der Waals surface area (Å²) in [4.78, 5) is 11.3. The van der Waals surface area contributed by atoms with Gasteiger partial charge in [-0.15, -0.1) is 0 Å². The molecule has 0 saturated heterocycles. The molecule has 3 heteroatoms. The smallest absolute Gasteiger partial charge is 0.161 e. The Bertz CT molecular complexity index is 605. The van der Waals surface area contributed by atoms with E-state index < -0.39 is 0 Å². The molecule has 0 aliphatic carbocycles. The molecule has 0 atom stereocenters. The van der Waals surface area contributed by atoms with E-state index in [0.29, 0.717) is 16.3 Å². The third-order valence-electron chi connectivity index (χ3n) is 2.86. The first-order chi connectivity index (χ1) is 9.10. The fourth-order valence-electron chi connectivity index (χ4n) is 1.81. The summed E-state index contributed by atoms with van der Waals surface area (Å²) in [5.41, 5.74) is 1.72. The minimum atomic E-state index is -0.0514. The summed E-state index contributed by atoms with van der Waals surface area (Å²) in [5.74, 6) is 1.35. The number of ketones is 1. The fraction of sp³-hybridized carbons (Fsp3) is 0.188. The van der Waals surface area contributed by atoms with E-state index in [1.165, 1.54) is 12.5 Å². The SMILES string of the molecule is CCc1cccc(Oc2ccc(C(C)=O)c(Cl)c2)c1. The molecule has 0 N–H and O–H groups in total. The Hall–Kier alpha value is -1.80. The number of carbonyl (C=O) groups is 1. The molecule has 0 saturated carbocycles. The summed E-state index contributed by atoms with van der Waals surface area (Å²) in [5, 5.41) is 0.414. The lowest BCUT2D eigenvalue weighted by Crippen LogP contribution is -1.94. The molecular weight excluding hydrogens is 260 g/mol. The zero-order valence-electron chi connectivity index (χ0n) is 10.9. The lowest BCUT2D eigenvalue weighted by atomic mass is 10.1. The maximum absolute atomic E-state index is 11.3. The first kappa shape index (κ1) is 13.6. The third-order valence-corrected chi connectivity index (χ3v) is 3.17. The lowest BCUT2D eigenvalue weighted by molar-refractivity contribution is 0.101. The summed E-state index contributed by atoms with van der Waals surface area (Å²) in [7, 11) is 0. The van der Waals surface area contributed by atoms with Crippen molar-refractivity contribution < 1.29 is 9.53 Å². The average Bonchev–Trinajstić information content (AvgIpc) is 2.38. The van der Waals surface area contributed by atoms with E-state index in [1.54, 1.807) is 18.2 Å². The molecule has 0 spiro atoms. The highest BCUT2D eigenvalue weighted by molar-refractivity contribution is 6.34. The predicted molar refractivity (Wildman–Crippen MR) is 77.4 cm³/mol. The Balaban J connectivity index is 2.23. The second-order valence-corrected chi connectivity index (χ2v) is 4.71. The molecule has 0 aliphatic heterocycles. The number of halogens is 1. The van der Waals surface area contributed by atoms with Gasteiger partial charge in [-0.3, -0.25) is 4.79 Å². The molecule has 2 aromatic carbocycles. The summed E-state index contributed by atoms with van der Waals surface area (Å²) < 4.78 is 5.74. The van der Waals surface area contributed by atoms with Crippen molar-refractivity contribution in [2.75, 3.05) is 0 Å². The van der Waals surface area contributed by atoms with E-state index in [1.807, 2.05) is 18.2 Å². The topological polar surface area (TPSA) is 26.3 Å². The minimum Gasteiger partial charge on any atom is -0.457 e. The van der Waals surface area contributed by atoms with Crippen LogP contribution in [0.1, 0.15) is 29.8 Å². The number of Topliss-reactive ketones (excluding diaryl/α,β-unsaturated/α-hetero) is 1. The quantitative estimate of drug-likeness (QED) is 0.742. The van der Waals surface area contributed by atoms with Crippen LogP contribution >= 0.6 is 11.6 Å². The molecular formula is C16H15ClO2. The van der Waals surface area contributed by atoms with Crippen LogP contribution in [0.2, 0.25) is 5.02 Å². The predicted octanol–water partition coefficient (Wildman–Crippen LogP) is 4.90. The van der Waals surface area contributed by atoms with Crippen LogP contribution in [-0.4, -0.2) is 5.78 Å². The third kappa shape index (κ3) is 3.36. The van der Waals surface area contributed by atoms with E-state index in [9.17, 15) is 4.79 Å². The van der Waals surface area contributed by atoms with E-state index in [0.717, 1.165) is 12.2 Å². The van der Waals surface area contributed by atoms with Crippen molar-refractivity contribution >= 4 is 17.4 Å². The molecule has 2 rings (SSSR count). The summed E-state index contributed by atoms with van der Waals surface area (Å²) >= 11 is 6.05. The number of benzene rings is 2. The molecule has 98 valence electrons. The van der Waals surface area contributed by atoms with Crippen LogP contribution in [0.3, 0.4) is 0 Å². The van der Waals surface area contributed by atoms with Crippen molar-refractivity contribution in [3.63, 3.8) is 0 Å². The van der Waals surface area contributed by atoms with Gasteiger partial charge in [0.15, 0.2) is 5.78 Å². The fourth-order valence-corrected chi connectivity index (χ4v) is 2.11. The molecule has 2 aromatic rings. The van der Waals surface area contributed by atoms with Gasteiger partial charge in [0.1, 0.15) is 11.5 Å². The highest BCUT2D eigenvalue weighted by atomic mass is 35.5. The second kappa shape index (κ2) is 5.89. The molecule has 19 heavy (non-hydrogen) atoms. The first-order valence-electron chi connectivity index (χ1n) is 6.17. The molecule has 0 heterocycles. The highest BCUT2D eigenvalue weighted by Gasteiger charge is 2.07. The zero-order valence-corrected chi connectivity index (χ0v) is 11.7. The van der Waals surface area contributed by atoms with Crippen LogP contribution < -0.4 is 4.74 Å². The molecule has 0 aromatic heterocycles. The minimum absolute atomic E-state index is 0.0514. The molecule has 2 nitrogen and oxygen atoms in total. The molecule has 0 radical (unpaired) electrons. The Morgan fingerprint density at radius 2 is 1.89 bits per heavy atom. The van der Waals surface area contributed by atoms with Crippen molar-refractivity contribution in [3.8, 4) is 11.5 Å². The van der Waals surface area contributed by atoms with Crippen LogP contribution in [0.4, 0.5) is 0 Å². The average molecular weight is 275 g/mol. The number of carbonyl (C=O) groups excluding carboxylic acids is 1. The maximum atomic E-state index is 11.3. The van der Waals surface area contributed by atoms with Gasteiger partial charge in [0.05, 0.1) is 5.02 Å². The number of hydrogen-bond donors (Lipinski definition) is 0. The number of ether oxygens (including phenoxy) is 1. The van der Waals surface area contributed by atoms with Gasteiger partial charge < -0.3 is 4.74 Å². The van der Waals surface area contributed by atoms with E-state index in [4.69, 9.17) is 16.3 Å². The monoisotopic (exact) mass is 274 g/mol. The Morgan fingerprint density at radius 1 is 1.16 bits per heavy atom. The van der Waals surface area contributed by atoms with Gasteiger partial charge in [0, 0.05) is 11.6 Å². The van der Waals surface area contributed by atoms with Crippen LogP contribution in [0, 0.1) is 0 Å². The molecule has 0 bridgehead atoms. The van der Waals surface area contributed by atoms with Crippen molar-refractivity contribution in [3.05, 3.63) is 58.6 Å². The van der Waals surface area contributed by atoms with Gasteiger partial charge in [-0.05, 0) is 43.2 Å². The van der Waals surface area contributed by atoms with Gasteiger partial charge in [0.25, 0.3) is 0 Å². The van der Waals surface area contributed by atoms with Crippen molar-refractivity contribution in [2.24, 2.45) is 0 Å². The number of hydrogen-bond acceptors (Lipinski definition) is 2. The van der Waals surface area contributed by atoms with Gasteiger partial charge >= 0.3 is 0 Å². The van der Waals surface area contributed by atoms with Crippen LogP contribution in [0.25, 0.3) is 0 Å². The number of rotatable bonds is 4. The van der Waals surface area contributed by atoms with Crippen LogP contribution in [0.5, 0.6) is 11.5 Å². The van der Waals surface area contributed by atoms with Crippen molar-refractivity contribution in [2.45, 2.75) is 20.3 Å². The molecule has 0 aliphatic rings. The zero-order chi connectivity index (χ0) is 13.8.